The maximum absolute atomic E-state index is 11.0. The van der Waals surface area contributed by atoms with Crippen molar-refractivity contribution in [2.24, 2.45) is 17.8 Å². The normalized spacial score (nSPS) is 34.9. The van der Waals surface area contributed by atoms with Gasteiger partial charge in [0.1, 0.15) is 0 Å². The molecule has 0 heterocycles. The van der Waals surface area contributed by atoms with Crippen LogP contribution in [-0.2, 0) is 0 Å². The molecule has 0 spiro atoms. The Bertz CT molecular complexity index is 507. The van der Waals surface area contributed by atoms with Crippen LogP contribution in [0.1, 0.15) is 53.4 Å². The van der Waals surface area contributed by atoms with Crippen molar-refractivity contribution in [2.75, 3.05) is 0 Å². The number of allylic oxidation sites excluding steroid dienone is 2. The minimum Gasteiger partial charge on any atom is -0.392 e. The zero-order valence-corrected chi connectivity index (χ0v) is 14.9. The van der Waals surface area contributed by atoms with Crippen LogP contribution in [0.5, 0.6) is 0 Å². The summed E-state index contributed by atoms with van der Waals surface area (Å²) in [4.78, 5) is 0. The number of hydrogen-bond acceptors (Lipinski definition) is 3. The van der Waals surface area contributed by atoms with E-state index in [4.69, 9.17) is 0 Å². The molecule has 3 heteroatoms. The topological polar surface area (TPSA) is 60.7 Å². The highest BCUT2D eigenvalue weighted by molar-refractivity contribution is 5.25. The Morgan fingerprint density at radius 3 is 2.57 bits per heavy atom. The molecule has 23 heavy (non-hydrogen) atoms. The van der Waals surface area contributed by atoms with E-state index >= 15 is 0 Å². The van der Waals surface area contributed by atoms with Crippen molar-refractivity contribution >= 4 is 0 Å². The largest absolute Gasteiger partial charge is 0.392 e. The summed E-state index contributed by atoms with van der Waals surface area (Å²) in [6.45, 7) is 11.5. The number of hydrogen-bond donors (Lipinski definition) is 3. The molecule has 3 nitrogen and oxygen atoms in total. The molecule has 0 aliphatic heterocycles. The zero-order chi connectivity index (χ0) is 17.4. The molecule has 0 amide bonds. The molecule has 0 aromatic heterocycles. The van der Waals surface area contributed by atoms with E-state index in [0.717, 1.165) is 19.3 Å². The van der Waals surface area contributed by atoms with Crippen molar-refractivity contribution in [3.63, 3.8) is 0 Å². The molecule has 5 atom stereocenters. The first-order valence-electron chi connectivity index (χ1n) is 8.68. The predicted octanol–water partition coefficient (Wildman–Crippen LogP) is 3.36. The van der Waals surface area contributed by atoms with Crippen LogP contribution in [0.2, 0.25) is 0 Å². The molecule has 0 unspecified atom stereocenters. The summed E-state index contributed by atoms with van der Waals surface area (Å²) < 4.78 is 0. The summed E-state index contributed by atoms with van der Waals surface area (Å²) in [7, 11) is 0. The maximum Gasteiger partial charge on any atom is 0.0771 e. The summed E-state index contributed by atoms with van der Waals surface area (Å²) in [5.74, 6) is 0.208. The lowest BCUT2D eigenvalue weighted by Gasteiger charge is -2.38. The van der Waals surface area contributed by atoms with Crippen molar-refractivity contribution in [3.8, 4) is 0 Å². The first-order valence-corrected chi connectivity index (χ1v) is 8.68. The molecule has 3 N–H and O–H groups in total. The van der Waals surface area contributed by atoms with E-state index in [9.17, 15) is 15.3 Å². The molecule has 0 radical (unpaired) electrons. The van der Waals surface area contributed by atoms with Crippen molar-refractivity contribution < 1.29 is 15.3 Å². The predicted molar refractivity (Wildman–Crippen MR) is 93.9 cm³/mol. The molecule has 1 fully saturated rings. The monoisotopic (exact) mass is 320 g/mol. The molecule has 0 bridgehead atoms. The quantitative estimate of drug-likeness (QED) is 0.696. The molecule has 0 saturated heterocycles. The lowest BCUT2D eigenvalue weighted by molar-refractivity contribution is -0.0736. The number of aliphatic hydroxyl groups is 3. The second-order valence-corrected chi connectivity index (χ2v) is 8.23. The van der Waals surface area contributed by atoms with Crippen molar-refractivity contribution in [2.45, 2.75) is 70.7 Å². The van der Waals surface area contributed by atoms with E-state index in [1.165, 1.54) is 11.1 Å². The standard InChI is InChI=1S/C20H32O3/c1-13-8-10-16(18(21)17-14(2)7-9-15(13)17)20(5,23)12-6-11-19(3,4)22/h6-7,11,15-18,21-23H,1,8-10,12H2,2-5H3/b11-6+/t15-,16+,17+,18+,20-/m0/s1. The van der Waals surface area contributed by atoms with Gasteiger partial charge in [-0.05, 0) is 59.3 Å². The molecular formula is C20H32O3. The molecule has 2 aliphatic carbocycles. The van der Waals surface area contributed by atoms with E-state index in [1.807, 2.05) is 6.08 Å². The minimum atomic E-state index is -1.00. The lowest BCUT2D eigenvalue weighted by atomic mass is 9.74. The summed E-state index contributed by atoms with van der Waals surface area (Å²) in [5, 5.41) is 31.7. The molecule has 2 rings (SSSR count). The second kappa shape index (κ2) is 6.54. The van der Waals surface area contributed by atoms with Crippen molar-refractivity contribution in [3.05, 3.63) is 36.0 Å². The van der Waals surface area contributed by atoms with E-state index in [-0.39, 0.29) is 11.8 Å². The lowest BCUT2D eigenvalue weighted by Crippen LogP contribution is -2.44. The zero-order valence-electron chi connectivity index (χ0n) is 14.9. The van der Waals surface area contributed by atoms with E-state index in [1.54, 1.807) is 26.8 Å². The summed E-state index contributed by atoms with van der Waals surface area (Å²) in [6.07, 6.45) is 8.16. The third-order valence-electron chi connectivity index (χ3n) is 5.59. The third-order valence-corrected chi connectivity index (χ3v) is 5.59. The van der Waals surface area contributed by atoms with Gasteiger partial charge in [-0.2, -0.15) is 0 Å². The summed E-state index contributed by atoms with van der Waals surface area (Å²) in [5.41, 5.74) is 0.535. The Hall–Kier alpha value is -0.900. The van der Waals surface area contributed by atoms with Crippen LogP contribution in [0.3, 0.4) is 0 Å². The van der Waals surface area contributed by atoms with Gasteiger partial charge >= 0.3 is 0 Å². The van der Waals surface area contributed by atoms with Gasteiger partial charge in [-0.25, -0.2) is 0 Å². The summed E-state index contributed by atoms with van der Waals surface area (Å²) in [6, 6.07) is 0. The van der Waals surface area contributed by atoms with Crippen LogP contribution in [0.25, 0.3) is 0 Å². The highest BCUT2D eigenvalue weighted by atomic mass is 16.3. The SMILES string of the molecule is C=C1CC[C@@H]([C@@](C)(O)C/C=C/C(C)(C)O)[C@@H](O)[C@@H]2C(C)=CC[C@@H]12. The van der Waals surface area contributed by atoms with Gasteiger partial charge in [0.2, 0.25) is 0 Å². The van der Waals surface area contributed by atoms with E-state index < -0.39 is 17.3 Å². The first-order chi connectivity index (χ1) is 10.5. The fourth-order valence-corrected chi connectivity index (χ4v) is 4.20. The highest BCUT2D eigenvalue weighted by Gasteiger charge is 2.46. The van der Waals surface area contributed by atoms with Crippen LogP contribution in [-0.4, -0.2) is 32.6 Å². The van der Waals surface area contributed by atoms with Gasteiger partial charge in [0.25, 0.3) is 0 Å². The van der Waals surface area contributed by atoms with Crippen LogP contribution < -0.4 is 0 Å². The highest BCUT2D eigenvalue weighted by Crippen LogP contribution is 2.47. The Morgan fingerprint density at radius 1 is 1.30 bits per heavy atom. The first kappa shape index (κ1) is 18.4. The van der Waals surface area contributed by atoms with Gasteiger partial charge in [0.15, 0.2) is 0 Å². The molecule has 0 aromatic carbocycles. The van der Waals surface area contributed by atoms with Gasteiger partial charge < -0.3 is 15.3 Å². The van der Waals surface area contributed by atoms with E-state index in [2.05, 4.69) is 19.6 Å². The maximum atomic E-state index is 11.0. The average Bonchev–Trinajstić information content (AvgIpc) is 2.72. The Morgan fingerprint density at radius 2 is 1.96 bits per heavy atom. The van der Waals surface area contributed by atoms with Crippen molar-refractivity contribution in [1.82, 2.24) is 0 Å². The number of fused-ring (bicyclic) bond motifs is 1. The van der Waals surface area contributed by atoms with Gasteiger partial charge in [-0.3, -0.25) is 0 Å². The van der Waals surface area contributed by atoms with Gasteiger partial charge in [0, 0.05) is 11.8 Å². The molecule has 1 saturated carbocycles. The van der Waals surface area contributed by atoms with Gasteiger partial charge in [-0.15, -0.1) is 0 Å². The minimum absolute atomic E-state index is 0.0831. The van der Waals surface area contributed by atoms with Gasteiger partial charge in [0.05, 0.1) is 17.3 Å². The number of aliphatic hydroxyl groups excluding tert-OH is 1. The van der Waals surface area contributed by atoms with Crippen LogP contribution in [0.4, 0.5) is 0 Å². The van der Waals surface area contributed by atoms with Crippen LogP contribution >= 0.6 is 0 Å². The Balaban J connectivity index is 2.18. The van der Waals surface area contributed by atoms with Crippen molar-refractivity contribution in [1.29, 1.82) is 0 Å². The fourth-order valence-electron chi connectivity index (χ4n) is 4.20. The summed E-state index contributed by atoms with van der Waals surface area (Å²) >= 11 is 0. The Labute approximate surface area is 140 Å². The molecule has 0 aromatic rings. The van der Waals surface area contributed by atoms with Crippen LogP contribution in [0.15, 0.2) is 36.0 Å². The third kappa shape index (κ3) is 4.14. The smallest absolute Gasteiger partial charge is 0.0771 e. The second-order valence-electron chi connectivity index (χ2n) is 8.23. The van der Waals surface area contributed by atoms with E-state index in [0.29, 0.717) is 12.3 Å². The van der Waals surface area contributed by atoms with Gasteiger partial charge in [-0.1, -0.05) is 36.0 Å². The molecule has 130 valence electrons. The number of rotatable bonds is 4. The van der Waals surface area contributed by atoms with Crippen LogP contribution in [0, 0.1) is 17.8 Å². The molecule has 2 aliphatic rings. The fraction of sp³-hybridized carbons (Fsp3) is 0.700. The average molecular weight is 320 g/mol. The molecular weight excluding hydrogens is 288 g/mol. The Kier molecular flexibility index (Phi) is 5.24.